The van der Waals surface area contributed by atoms with Gasteiger partial charge >= 0.3 is 0 Å². The lowest BCUT2D eigenvalue weighted by molar-refractivity contribution is 0.387. The molecule has 18 heavy (non-hydrogen) atoms. The fourth-order valence-electron chi connectivity index (χ4n) is 1.46. The Labute approximate surface area is 105 Å². The van der Waals surface area contributed by atoms with Gasteiger partial charge < -0.3 is 14.3 Å². The van der Waals surface area contributed by atoms with Crippen molar-refractivity contribution >= 4 is 11.8 Å². The minimum atomic E-state index is 0.508. The normalized spacial score (nSPS) is 10.4. The van der Waals surface area contributed by atoms with E-state index < -0.39 is 0 Å². The Hall–Kier alpha value is -2.18. The molecule has 96 valence electrons. The monoisotopic (exact) mass is 248 g/mol. The topological polar surface area (TPSA) is 71.2 Å². The average Bonchev–Trinajstić information content (AvgIpc) is 2.75. The molecule has 2 heterocycles. The number of hydrogen-bond acceptors (Lipinski definition) is 7. The number of rotatable bonds is 4. The van der Waals surface area contributed by atoms with Crippen LogP contribution in [0.4, 0.5) is 11.8 Å². The summed E-state index contributed by atoms with van der Waals surface area (Å²) in [5.74, 6) is 2.66. The van der Waals surface area contributed by atoms with Gasteiger partial charge in [-0.2, -0.15) is 9.97 Å². The van der Waals surface area contributed by atoms with E-state index in [9.17, 15) is 0 Å². The third-order valence-corrected chi connectivity index (χ3v) is 2.38. The molecule has 0 saturated carbocycles. The van der Waals surface area contributed by atoms with Crippen LogP contribution in [0.25, 0.3) is 0 Å². The van der Waals surface area contributed by atoms with Crippen LogP contribution in [-0.4, -0.2) is 41.3 Å². The maximum absolute atomic E-state index is 4.93. The van der Waals surface area contributed by atoms with E-state index in [1.165, 1.54) is 0 Å². The maximum atomic E-state index is 4.93. The summed E-state index contributed by atoms with van der Waals surface area (Å²) in [6.45, 7) is 2.27. The molecule has 0 radical (unpaired) electrons. The Morgan fingerprint density at radius 1 is 1.22 bits per heavy atom. The van der Waals surface area contributed by atoms with Gasteiger partial charge in [0.2, 0.25) is 11.8 Å². The Kier molecular flexibility index (Phi) is 3.40. The van der Waals surface area contributed by atoms with Gasteiger partial charge in [0, 0.05) is 34.3 Å². The van der Waals surface area contributed by atoms with Crippen LogP contribution in [0.2, 0.25) is 0 Å². The molecule has 7 nitrogen and oxygen atoms in total. The van der Waals surface area contributed by atoms with E-state index >= 15 is 0 Å². The smallest absolute Gasteiger partial charge is 0.227 e. The highest BCUT2D eigenvalue weighted by atomic mass is 16.5. The second-order valence-corrected chi connectivity index (χ2v) is 4.19. The molecule has 0 spiro atoms. The number of aryl methyl sites for hydroxylation is 1. The van der Waals surface area contributed by atoms with Gasteiger partial charge in [-0.3, -0.25) is 0 Å². The molecule has 0 atom stereocenters. The van der Waals surface area contributed by atoms with E-state index in [1.54, 1.807) is 13.1 Å². The second kappa shape index (κ2) is 4.99. The van der Waals surface area contributed by atoms with Gasteiger partial charge in [-0.25, -0.2) is 4.98 Å². The fourth-order valence-corrected chi connectivity index (χ4v) is 1.46. The van der Waals surface area contributed by atoms with E-state index in [0.717, 1.165) is 5.82 Å². The molecule has 0 aliphatic rings. The summed E-state index contributed by atoms with van der Waals surface area (Å²) in [4.78, 5) is 16.6. The zero-order valence-corrected chi connectivity index (χ0v) is 11.0. The summed E-state index contributed by atoms with van der Waals surface area (Å²) in [6, 6.07) is 1.86. The van der Waals surface area contributed by atoms with Crippen LogP contribution in [0.15, 0.2) is 16.8 Å². The van der Waals surface area contributed by atoms with Gasteiger partial charge in [0.05, 0.1) is 6.54 Å². The highest BCUT2D eigenvalue weighted by Gasteiger charge is 2.10. The molecule has 0 bridgehead atoms. The van der Waals surface area contributed by atoms with Crippen molar-refractivity contribution in [1.82, 2.24) is 20.1 Å². The summed E-state index contributed by atoms with van der Waals surface area (Å²) in [5.41, 5.74) is 0. The van der Waals surface area contributed by atoms with Crippen LogP contribution in [0.1, 0.15) is 11.7 Å². The Bertz CT molecular complexity index is 524. The van der Waals surface area contributed by atoms with E-state index in [2.05, 4.69) is 20.1 Å². The number of hydrogen-bond donors (Lipinski definition) is 0. The first kappa shape index (κ1) is 12.3. The van der Waals surface area contributed by atoms with Crippen molar-refractivity contribution in [3.8, 4) is 0 Å². The van der Waals surface area contributed by atoms with Gasteiger partial charge in [-0.15, -0.1) is 0 Å². The zero-order valence-electron chi connectivity index (χ0n) is 11.0. The molecule has 0 aromatic carbocycles. The molecule has 0 aliphatic carbocycles. The molecular formula is C11H16N6O. The molecule has 0 unspecified atom stereocenters. The minimum Gasteiger partial charge on any atom is -0.363 e. The summed E-state index contributed by atoms with van der Waals surface area (Å²) in [5, 5.41) is 3.85. The van der Waals surface area contributed by atoms with Crippen molar-refractivity contribution in [2.24, 2.45) is 0 Å². The van der Waals surface area contributed by atoms with E-state index in [1.807, 2.05) is 37.0 Å². The first-order chi connectivity index (χ1) is 8.56. The molecule has 2 aromatic heterocycles. The van der Waals surface area contributed by atoms with Gasteiger partial charge in [0.1, 0.15) is 5.82 Å². The summed E-state index contributed by atoms with van der Waals surface area (Å²) < 4.78 is 4.93. The Balaban J connectivity index is 2.13. The second-order valence-electron chi connectivity index (χ2n) is 4.19. The van der Waals surface area contributed by atoms with E-state index in [-0.39, 0.29) is 0 Å². The van der Waals surface area contributed by atoms with Crippen LogP contribution >= 0.6 is 0 Å². The standard InChI is InChI=1S/C11H16N6O/c1-8-13-9(15-18-8)7-17(4)11-12-6-5-10(14-11)16(2)3/h5-6H,7H2,1-4H3. The van der Waals surface area contributed by atoms with Crippen molar-refractivity contribution in [1.29, 1.82) is 0 Å². The average molecular weight is 248 g/mol. The molecule has 0 N–H and O–H groups in total. The van der Waals surface area contributed by atoms with Crippen LogP contribution in [0, 0.1) is 6.92 Å². The lowest BCUT2D eigenvalue weighted by atomic mass is 10.5. The predicted octanol–water partition coefficient (Wildman–Crippen LogP) is 0.870. The fraction of sp³-hybridized carbons (Fsp3) is 0.455. The predicted molar refractivity (Wildman–Crippen MR) is 67.5 cm³/mol. The summed E-state index contributed by atoms with van der Waals surface area (Å²) in [6.07, 6.45) is 1.73. The van der Waals surface area contributed by atoms with Crippen molar-refractivity contribution in [3.63, 3.8) is 0 Å². The van der Waals surface area contributed by atoms with Crippen molar-refractivity contribution in [2.75, 3.05) is 30.9 Å². The third-order valence-electron chi connectivity index (χ3n) is 2.38. The summed E-state index contributed by atoms with van der Waals surface area (Å²) >= 11 is 0. The molecule has 7 heteroatoms. The lowest BCUT2D eigenvalue weighted by Crippen LogP contribution is -2.21. The lowest BCUT2D eigenvalue weighted by Gasteiger charge is -2.17. The van der Waals surface area contributed by atoms with Crippen LogP contribution < -0.4 is 9.80 Å². The highest BCUT2D eigenvalue weighted by Crippen LogP contribution is 2.13. The Morgan fingerprint density at radius 3 is 2.61 bits per heavy atom. The first-order valence-corrected chi connectivity index (χ1v) is 5.57. The molecule has 0 aliphatic heterocycles. The van der Waals surface area contributed by atoms with E-state index in [4.69, 9.17) is 4.52 Å². The van der Waals surface area contributed by atoms with Gasteiger partial charge in [-0.1, -0.05) is 5.16 Å². The molecule has 2 aromatic rings. The van der Waals surface area contributed by atoms with Crippen LogP contribution in [0.3, 0.4) is 0 Å². The minimum absolute atomic E-state index is 0.508. The van der Waals surface area contributed by atoms with Crippen molar-refractivity contribution in [2.45, 2.75) is 13.5 Å². The first-order valence-electron chi connectivity index (χ1n) is 5.57. The molecule has 0 amide bonds. The van der Waals surface area contributed by atoms with Gasteiger partial charge in [0.15, 0.2) is 5.82 Å². The zero-order chi connectivity index (χ0) is 13.1. The molecule has 0 fully saturated rings. The third kappa shape index (κ3) is 2.73. The van der Waals surface area contributed by atoms with Crippen LogP contribution in [0.5, 0.6) is 0 Å². The SMILES string of the molecule is Cc1nc(CN(C)c2nccc(N(C)C)n2)no1. The molecule has 2 rings (SSSR count). The van der Waals surface area contributed by atoms with Gasteiger partial charge in [0.25, 0.3) is 0 Å². The number of nitrogens with zero attached hydrogens (tertiary/aromatic N) is 6. The molecular weight excluding hydrogens is 232 g/mol. The number of anilines is 2. The van der Waals surface area contributed by atoms with E-state index in [0.29, 0.717) is 24.2 Å². The largest absolute Gasteiger partial charge is 0.363 e. The highest BCUT2D eigenvalue weighted by molar-refractivity contribution is 5.41. The summed E-state index contributed by atoms with van der Waals surface area (Å²) in [7, 11) is 5.77. The number of aromatic nitrogens is 4. The Morgan fingerprint density at radius 2 is 2.00 bits per heavy atom. The van der Waals surface area contributed by atoms with Crippen LogP contribution in [-0.2, 0) is 6.54 Å². The maximum Gasteiger partial charge on any atom is 0.227 e. The van der Waals surface area contributed by atoms with Gasteiger partial charge in [-0.05, 0) is 6.07 Å². The quantitative estimate of drug-likeness (QED) is 0.795. The van der Waals surface area contributed by atoms with Crippen molar-refractivity contribution < 1.29 is 4.52 Å². The molecule has 0 saturated heterocycles. The van der Waals surface area contributed by atoms with Crippen molar-refractivity contribution in [3.05, 3.63) is 24.0 Å².